The number of nitrogens with one attached hydrogen (secondary N) is 4. The second-order valence-corrected chi connectivity index (χ2v) is 8.36. The molecule has 0 unspecified atom stereocenters. The average Bonchev–Trinajstić information content (AvgIpc) is 2.76. The van der Waals surface area contributed by atoms with E-state index in [-0.39, 0.29) is 29.6 Å². The molecule has 0 saturated carbocycles. The van der Waals surface area contributed by atoms with Gasteiger partial charge in [-0.15, -0.1) is 0 Å². The van der Waals surface area contributed by atoms with Crippen LogP contribution >= 0.6 is 0 Å². The summed E-state index contributed by atoms with van der Waals surface area (Å²) in [5.74, 6) is -0.880. The molecule has 2 rings (SSSR count). The first-order valence-corrected chi connectivity index (χ1v) is 10.9. The number of amides is 2. The highest BCUT2D eigenvalue weighted by Crippen LogP contribution is 2.09. The first-order valence-electron chi connectivity index (χ1n) is 9.41. The Morgan fingerprint density at radius 3 is 2.35 bits per heavy atom. The zero-order chi connectivity index (χ0) is 22.9. The monoisotopic (exact) mass is 443 g/mol. The van der Waals surface area contributed by atoms with Gasteiger partial charge in [-0.1, -0.05) is 29.8 Å². The van der Waals surface area contributed by atoms with Gasteiger partial charge in [0.05, 0.1) is 17.2 Å². The van der Waals surface area contributed by atoms with Gasteiger partial charge in [-0.05, 0) is 43.5 Å². The second kappa shape index (κ2) is 11.0. The minimum Gasteiger partial charge on any atom is -0.405 e. The Morgan fingerprint density at radius 2 is 1.68 bits per heavy atom. The SMILES string of the molecule is Cc1ccc(S(=O)(=O)NCC(=O)NCCNC(=O)c2cccc(C(=N)/C=C\N)c2)cc1. The van der Waals surface area contributed by atoms with Crippen LogP contribution in [0.5, 0.6) is 0 Å². The van der Waals surface area contributed by atoms with Gasteiger partial charge in [-0.2, -0.15) is 0 Å². The van der Waals surface area contributed by atoms with Crippen LogP contribution in [0.3, 0.4) is 0 Å². The highest BCUT2D eigenvalue weighted by atomic mass is 32.2. The van der Waals surface area contributed by atoms with Crippen LogP contribution in [0.2, 0.25) is 0 Å². The standard InChI is InChI=1S/C21H25N5O4S/c1-15-5-7-18(8-6-15)31(29,30)26-14-20(27)24-11-12-25-21(28)17-4-2-3-16(13-17)19(23)9-10-22/h2-10,13,23,26H,11-12,14,22H2,1H3,(H,24,27)(H,25,28)/b10-9-,23-19?. The molecule has 0 fully saturated rings. The Balaban J connectivity index is 1.76. The summed E-state index contributed by atoms with van der Waals surface area (Å²) in [5.41, 5.74) is 7.29. The molecule has 0 radical (unpaired) electrons. The summed E-state index contributed by atoms with van der Waals surface area (Å²) < 4.78 is 26.6. The van der Waals surface area contributed by atoms with Gasteiger partial charge in [0.25, 0.3) is 5.91 Å². The van der Waals surface area contributed by atoms with Crippen molar-refractivity contribution in [1.29, 1.82) is 5.41 Å². The van der Waals surface area contributed by atoms with Gasteiger partial charge in [-0.3, -0.25) is 9.59 Å². The summed E-state index contributed by atoms with van der Waals surface area (Å²) >= 11 is 0. The molecule has 0 spiro atoms. The van der Waals surface area contributed by atoms with E-state index < -0.39 is 22.5 Å². The van der Waals surface area contributed by atoms with E-state index in [2.05, 4.69) is 15.4 Å². The van der Waals surface area contributed by atoms with E-state index in [1.807, 2.05) is 6.92 Å². The molecule has 6 N–H and O–H groups in total. The lowest BCUT2D eigenvalue weighted by Gasteiger charge is -2.09. The van der Waals surface area contributed by atoms with Crippen LogP contribution in [-0.2, 0) is 14.8 Å². The van der Waals surface area contributed by atoms with Gasteiger partial charge in [0.1, 0.15) is 0 Å². The van der Waals surface area contributed by atoms with Crippen molar-refractivity contribution in [1.82, 2.24) is 15.4 Å². The molecule has 0 atom stereocenters. The Morgan fingerprint density at radius 1 is 1.03 bits per heavy atom. The quantitative estimate of drug-likeness (QED) is 0.270. The number of rotatable bonds is 10. The molecule has 9 nitrogen and oxygen atoms in total. The molecule has 2 amide bonds. The molecule has 0 aliphatic rings. The third-order valence-electron chi connectivity index (χ3n) is 4.19. The smallest absolute Gasteiger partial charge is 0.251 e. The molecular weight excluding hydrogens is 418 g/mol. The molecule has 10 heteroatoms. The minimum atomic E-state index is -3.78. The van der Waals surface area contributed by atoms with Gasteiger partial charge in [0.15, 0.2) is 0 Å². The minimum absolute atomic E-state index is 0.0791. The summed E-state index contributed by atoms with van der Waals surface area (Å²) in [6.45, 7) is 1.71. The van der Waals surface area contributed by atoms with E-state index in [0.717, 1.165) is 5.56 Å². The van der Waals surface area contributed by atoms with Crippen LogP contribution < -0.4 is 21.1 Å². The first kappa shape index (κ1) is 23.8. The Bertz CT molecular complexity index is 1080. The van der Waals surface area contributed by atoms with Crippen molar-refractivity contribution in [3.8, 4) is 0 Å². The predicted molar refractivity (Wildman–Crippen MR) is 118 cm³/mol. The number of sulfonamides is 1. The summed E-state index contributed by atoms with van der Waals surface area (Å²) in [6, 6.07) is 12.8. The number of hydrogen-bond acceptors (Lipinski definition) is 6. The second-order valence-electron chi connectivity index (χ2n) is 6.60. The van der Waals surface area contributed by atoms with Crippen LogP contribution in [0.1, 0.15) is 21.5 Å². The molecular formula is C21H25N5O4S. The predicted octanol–water partition coefficient (Wildman–Crippen LogP) is 0.660. The van der Waals surface area contributed by atoms with Crippen molar-refractivity contribution >= 4 is 27.5 Å². The molecule has 164 valence electrons. The normalized spacial score (nSPS) is 11.3. The molecule has 0 bridgehead atoms. The van der Waals surface area contributed by atoms with Gasteiger partial charge in [-0.25, -0.2) is 13.1 Å². The van der Waals surface area contributed by atoms with Gasteiger partial charge in [0, 0.05) is 24.2 Å². The molecule has 0 heterocycles. The van der Waals surface area contributed by atoms with E-state index in [0.29, 0.717) is 11.1 Å². The zero-order valence-corrected chi connectivity index (χ0v) is 17.8. The fraction of sp³-hybridized carbons (Fsp3) is 0.190. The Hall–Kier alpha value is -3.50. The van der Waals surface area contributed by atoms with E-state index in [1.54, 1.807) is 36.4 Å². The van der Waals surface area contributed by atoms with Crippen LogP contribution in [0, 0.1) is 12.3 Å². The van der Waals surface area contributed by atoms with Crippen molar-refractivity contribution in [2.75, 3.05) is 19.6 Å². The van der Waals surface area contributed by atoms with Crippen molar-refractivity contribution in [3.63, 3.8) is 0 Å². The maximum absolute atomic E-state index is 12.2. The molecule has 0 aliphatic carbocycles. The van der Waals surface area contributed by atoms with Gasteiger partial charge < -0.3 is 21.8 Å². The van der Waals surface area contributed by atoms with E-state index in [9.17, 15) is 18.0 Å². The average molecular weight is 444 g/mol. The van der Waals surface area contributed by atoms with Crippen LogP contribution in [0.4, 0.5) is 0 Å². The lowest BCUT2D eigenvalue weighted by Crippen LogP contribution is -2.40. The Kier molecular flexibility index (Phi) is 8.47. The fourth-order valence-corrected chi connectivity index (χ4v) is 3.51. The number of benzene rings is 2. The van der Waals surface area contributed by atoms with Crippen molar-refractivity contribution in [3.05, 3.63) is 77.5 Å². The van der Waals surface area contributed by atoms with Crippen LogP contribution in [-0.4, -0.2) is 45.6 Å². The highest BCUT2D eigenvalue weighted by molar-refractivity contribution is 7.89. The van der Waals surface area contributed by atoms with E-state index in [4.69, 9.17) is 11.1 Å². The number of carbonyl (C=O) groups excluding carboxylic acids is 2. The first-order chi connectivity index (χ1) is 14.7. The fourth-order valence-electron chi connectivity index (χ4n) is 2.52. The van der Waals surface area contributed by atoms with Crippen molar-refractivity contribution in [2.45, 2.75) is 11.8 Å². The number of aryl methyl sites for hydroxylation is 1. The largest absolute Gasteiger partial charge is 0.405 e. The zero-order valence-electron chi connectivity index (χ0n) is 17.0. The molecule has 0 aromatic heterocycles. The number of allylic oxidation sites excluding steroid dienone is 1. The summed E-state index contributed by atoms with van der Waals surface area (Å²) in [7, 11) is -3.78. The molecule has 0 saturated heterocycles. The van der Waals surface area contributed by atoms with Crippen molar-refractivity contribution < 1.29 is 18.0 Å². The van der Waals surface area contributed by atoms with E-state index >= 15 is 0 Å². The van der Waals surface area contributed by atoms with Crippen molar-refractivity contribution in [2.24, 2.45) is 5.73 Å². The summed E-state index contributed by atoms with van der Waals surface area (Å²) in [5, 5.41) is 13.0. The molecule has 31 heavy (non-hydrogen) atoms. The number of carbonyl (C=O) groups is 2. The lowest BCUT2D eigenvalue weighted by molar-refractivity contribution is -0.119. The molecule has 2 aromatic carbocycles. The maximum Gasteiger partial charge on any atom is 0.251 e. The Labute approximate surface area is 181 Å². The molecule has 2 aromatic rings. The van der Waals surface area contributed by atoms with E-state index in [1.165, 1.54) is 24.4 Å². The highest BCUT2D eigenvalue weighted by Gasteiger charge is 2.15. The third-order valence-corrected chi connectivity index (χ3v) is 5.60. The number of hydrogen-bond donors (Lipinski definition) is 5. The van der Waals surface area contributed by atoms with Gasteiger partial charge >= 0.3 is 0 Å². The number of nitrogens with two attached hydrogens (primary N) is 1. The van der Waals surface area contributed by atoms with Crippen LogP contribution in [0.25, 0.3) is 0 Å². The topological polar surface area (TPSA) is 154 Å². The molecule has 0 aliphatic heterocycles. The third kappa shape index (κ3) is 7.36. The summed E-state index contributed by atoms with van der Waals surface area (Å²) in [6.07, 6.45) is 2.66. The van der Waals surface area contributed by atoms with Crippen LogP contribution in [0.15, 0.2) is 65.7 Å². The van der Waals surface area contributed by atoms with Gasteiger partial charge in [0.2, 0.25) is 15.9 Å². The lowest BCUT2D eigenvalue weighted by atomic mass is 10.1. The maximum atomic E-state index is 12.2. The summed E-state index contributed by atoms with van der Waals surface area (Å²) in [4.78, 5) is 24.2.